The standard InChI is InChI=1S/C10H9BrN2/c1-8-7-10(12-13(8)11)9-5-3-2-4-6-9/h2-7H,1H3. The maximum Gasteiger partial charge on any atom is 0.0936 e. The quantitative estimate of drug-likeness (QED) is 0.745. The number of benzene rings is 1. The van der Waals surface area contributed by atoms with Gasteiger partial charge in [-0.2, -0.15) is 5.10 Å². The van der Waals surface area contributed by atoms with Gasteiger partial charge in [0.2, 0.25) is 0 Å². The molecule has 0 spiro atoms. The minimum Gasteiger partial charge on any atom is -0.202 e. The highest BCUT2D eigenvalue weighted by molar-refractivity contribution is 9.08. The van der Waals surface area contributed by atoms with Gasteiger partial charge >= 0.3 is 0 Å². The van der Waals surface area contributed by atoms with Crippen molar-refractivity contribution in [3.63, 3.8) is 0 Å². The molecule has 3 heteroatoms. The van der Waals surface area contributed by atoms with E-state index in [1.54, 1.807) is 3.71 Å². The SMILES string of the molecule is Cc1cc(-c2ccccc2)nn1Br. The fourth-order valence-electron chi connectivity index (χ4n) is 1.20. The van der Waals surface area contributed by atoms with Gasteiger partial charge in [0.1, 0.15) is 0 Å². The van der Waals surface area contributed by atoms with Crippen LogP contribution in [0, 0.1) is 6.92 Å². The number of nitrogens with zero attached hydrogens (tertiary/aromatic N) is 2. The Morgan fingerprint density at radius 2 is 1.92 bits per heavy atom. The van der Waals surface area contributed by atoms with Crippen molar-refractivity contribution >= 4 is 16.1 Å². The Balaban J connectivity index is 2.48. The van der Waals surface area contributed by atoms with E-state index in [2.05, 4.69) is 33.4 Å². The second-order valence-corrected chi connectivity index (χ2v) is 3.57. The second-order valence-electron chi connectivity index (χ2n) is 2.90. The van der Waals surface area contributed by atoms with Crippen molar-refractivity contribution in [1.29, 1.82) is 0 Å². The van der Waals surface area contributed by atoms with Crippen LogP contribution in [0.1, 0.15) is 5.69 Å². The van der Waals surface area contributed by atoms with Crippen molar-refractivity contribution in [3.05, 3.63) is 42.1 Å². The third-order valence-corrected chi connectivity index (χ3v) is 2.62. The molecule has 0 aliphatic heterocycles. The highest BCUT2D eigenvalue weighted by Crippen LogP contribution is 2.18. The molecule has 66 valence electrons. The van der Waals surface area contributed by atoms with Crippen LogP contribution in [0.5, 0.6) is 0 Å². The fourth-order valence-corrected chi connectivity index (χ4v) is 1.48. The van der Waals surface area contributed by atoms with E-state index < -0.39 is 0 Å². The van der Waals surface area contributed by atoms with Gasteiger partial charge in [-0.05, 0) is 13.0 Å². The Bertz CT molecular complexity index is 387. The Labute approximate surface area is 85.5 Å². The molecule has 0 unspecified atom stereocenters. The second kappa shape index (κ2) is 3.34. The zero-order chi connectivity index (χ0) is 9.26. The van der Waals surface area contributed by atoms with Crippen LogP contribution in [0.15, 0.2) is 36.4 Å². The number of aryl methyl sites for hydroxylation is 1. The molecule has 2 aromatic rings. The lowest BCUT2D eigenvalue weighted by Crippen LogP contribution is -1.83. The summed E-state index contributed by atoms with van der Waals surface area (Å²) in [7, 11) is 0. The molecule has 0 radical (unpaired) electrons. The van der Waals surface area contributed by atoms with E-state index in [1.807, 2.05) is 31.2 Å². The normalized spacial score (nSPS) is 10.3. The Morgan fingerprint density at radius 3 is 2.46 bits per heavy atom. The van der Waals surface area contributed by atoms with Gasteiger partial charge in [0.25, 0.3) is 0 Å². The van der Waals surface area contributed by atoms with Gasteiger partial charge in [-0.15, -0.1) is 0 Å². The summed E-state index contributed by atoms with van der Waals surface area (Å²) in [5.74, 6) is 0. The topological polar surface area (TPSA) is 17.8 Å². The van der Waals surface area contributed by atoms with Crippen LogP contribution in [0.3, 0.4) is 0 Å². The van der Waals surface area contributed by atoms with Crippen LogP contribution < -0.4 is 0 Å². The Kier molecular flexibility index (Phi) is 2.19. The molecular formula is C10H9BrN2. The van der Waals surface area contributed by atoms with E-state index in [-0.39, 0.29) is 0 Å². The summed E-state index contributed by atoms with van der Waals surface area (Å²) in [5.41, 5.74) is 3.23. The number of rotatable bonds is 1. The predicted molar refractivity (Wildman–Crippen MR) is 56.7 cm³/mol. The van der Waals surface area contributed by atoms with Crippen LogP contribution in [0.4, 0.5) is 0 Å². The summed E-state index contributed by atoms with van der Waals surface area (Å²) < 4.78 is 1.70. The Morgan fingerprint density at radius 1 is 1.23 bits per heavy atom. The average Bonchev–Trinajstić information content (AvgIpc) is 2.49. The van der Waals surface area contributed by atoms with Gasteiger partial charge in [0.15, 0.2) is 0 Å². The first-order chi connectivity index (χ1) is 6.27. The van der Waals surface area contributed by atoms with Crippen molar-refractivity contribution in [3.8, 4) is 11.3 Å². The lowest BCUT2D eigenvalue weighted by Gasteiger charge is -1.92. The first-order valence-electron chi connectivity index (χ1n) is 4.05. The maximum absolute atomic E-state index is 4.31. The van der Waals surface area contributed by atoms with Crippen molar-refractivity contribution < 1.29 is 0 Å². The predicted octanol–water partition coefficient (Wildman–Crippen LogP) is 3.02. The third-order valence-electron chi connectivity index (χ3n) is 1.90. The molecule has 0 N–H and O–H groups in total. The van der Waals surface area contributed by atoms with Crippen molar-refractivity contribution in [2.75, 3.05) is 0 Å². The van der Waals surface area contributed by atoms with Gasteiger partial charge in [0, 0.05) is 11.3 Å². The van der Waals surface area contributed by atoms with E-state index in [4.69, 9.17) is 0 Å². The first kappa shape index (κ1) is 8.51. The summed E-state index contributed by atoms with van der Waals surface area (Å²) in [6, 6.07) is 12.2. The smallest absolute Gasteiger partial charge is 0.0936 e. The molecule has 1 aromatic heterocycles. The zero-order valence-corrected chi connectivity index (χ0v) is 8.82. The van der Waals surface area contributed by atoms with Gasteiger partial charge in [-0.25, -0.2) is 3.71 Å². The van der Waals surface area contributed by atoms with Crippen LogP contribution in [-0.4, -0.2) is 8.81 Å². The van der Waals surface area contributed by atoms with Crippen LogP contribution in [0.25, 0.3) is 11.3 Å². The van der Waals surface area contributed by atoms with E-state index >= 15 is 0 Å². The van der Waals surface area contributed by atoms with E-state index in [1.165, 1.54) is 0 Å². The van der Waals surface area contributed by atoms with E-state index in [9.17, 15) is 0 Å². The number of halogens is 1. The summed E-state index contributed by atoms with van der Waals surface area (Å²) in [4.78, 5) is 0. The summed E-state index contributed by atoms with van der Waals surface area (Å²) in [6.45, 7) is 2.01. The lowest BCUT2D eigenvalue weighted by molar-refractivity contribution is 0.994. The fraction of sp³-hybridized carbons (Fsp3) is 0.100. The molecule has 1 heterocycles. The number of hydrogen-bond donors (Lipinski definition) is 0. The molecule has 0 saturated heterocycles. The van der Waals surface area contributed by atoms with Crippen molar-refractivity contribution in [2.45, 2.75) is 6.92 Å². The molecule has 2 rings (SSSR count). The summed E-state index contributed by atoms with van der Waals surface area (Å²) in [6.07, 6.45) is 0. The highest BCUT2D eigenvalue weighted by Gasteiger charge is 2.03. The minimum atomic E-state index is 0.995. The van der Waals surface area contributed by atoms with Crippen molar-refractivity contribution in [2.24, 2.45) is 0 Å². The molecule has 0 aliphatic carbocycles. The van der Waals surface area contributed by atoms with E-state index in [0.29, 0.717) is 0 Å². The molecular weight excluding hydrogens is 228 g/mol. The van der Waals surface area contributed by atoms with Crippen LogP contribution in [-0.2, 0) is 0 Å². The highest BCUT2D eigenvalue weighted by atomic mass is 79.9. The van der Waals surface area contributed by atoms with Gasteiger partial charge in [-0.1, -0.05) is 30.3 Å². The number of aromatic nitrogens is 2. The average molecular weight is 237 g/mol. The molecule has 0 atom stereocenters. The molecule has 0 aliphatic rings. The van der Waals surface area contributed by atoms with Gasteiger partial charge in [-0.3, -0.25) is 0 Å². The third kappa shape index (κ3) is 1.65. The molecule has 13 heavy (non-hydrogen) atoms. The lowest BCUT2D eigenvalue weighted by atomic mass is 10.1. The molecule has 0 amide bonds. The largest absolute Gasteiger partial charge is 0.202 e. The zero-order valence-electron chi connectivity index (χ0n) is 7.24. The van der Waals surface area contributed by atoms with Gasteiger partial charge < -0.3 is 0 Å². The molecule has 0 bridgehead atoms. The Hall–Kier alpha value is -1.09. The monoisotopic (exact) mass is 236 g/mol. The first-order valence-corrected chi connectivity index (χ1v) is 4.76. The van der Waals surface area contributed by atoms with E-state index in [0.717, 1.165) is 17.0 Å². The van der Waals surface area contributed by atoms with Crippen LogP contribution >= 0.6 is 16.1 Å². The maximum atomic E-state index is 4.31. The van der Waals surface area contributed by atoms with Crippen molar-refractivity contribution in [1.82, 2.24) is 8.81 Å². The molecule has 2 nitrogen and oxygen atoms in total. The molecule has 1 aromatic carbocycles. The number of hydrogen-bond acceptors (Lipinski definition) is 1. The summed E-state index contributed by atoms with van der Waals surface area (Å²) in [5, 5.41) is 4.31. The molecule has 0 fully saturated rings. The van der Waals surface area contributed by atoms with Crippen LogP contribution in [0.2, 0.25) is 0 Å². The minimum absolute atomic E-state index is 0.995. The van der Waals surface area contributed by atoms with Gasteiger partial charge in [0.05, 0.1) is 21.8 Å². The molecule has 0 saturated carbocycles. The summed E-state index contributed by atoms with van der Waals surface area (Å²) >= 11 is 3.32.